The van der Waals surface area contributed by atoms with Gasteiger partial charge in [-0.05, 0) is 25.9 Å². The van der Waals surface area contributed by atoms with Gasteiger partial charge in [0.05, 0.1) is 0 Å². The second-order valence-corrected chi connectivity index (χ2v) is 7.02. The predicted octanol–water partition coefficient (Wildman–Crippen LogP) is -0.461. The Morgan fingerprint density at radius 1 is 1.06 bits per heavy atom. The van der Waals surface area contributed by atoms with Crippen LogP contribution in [0.25, 0.3) is 0 Å². The molecule has 1 aliphatic rings. The van der Waals surface area contributed by atoms with E-state index in [0.717, 1.165) is 45.4 Å². The molecule has 1 fully saturated rings. The van der Waals surface area contributed by atoms with Gasteiger partial charge in [0.15, 0.2) is 0 Å². The van der Waals surface area contributed by atoms with E-state index in [2.05, 4.69) is 4.90 Å². The van der Waals surface area contributed by atoms with Crippen molar-refractivity contribution in [2.24, 2.45) is 5.73 Å². The predicted molar refractivity (Wildman–Crippen MR) is 73.5 cm³/mol. The van der Waals surface area contributed by atoms with Gasteiger partial charge in [0, 0.05) is 40.3 Å². The van der Waals surface area contributed by atoms with Crippen LogP contribution in [0.3, 0.4) is 0 Å². The maximum absolute atomic E-state index is 11.9. The second-order valence-electron chi connectivity index (χ2n) is 4.88. The lowest BCUT2D eigenvalue weighted by atomic mass is 10.2. The van der Waals surface area contributed by atoms with Crippen LogP contribution in [0.15, 0.2) is 0 Å². The summed E-state index contributed by atoms with van der Waals surface area (Å²) in [5.74, 6) is 0. The summed E-state index contributed by atoms with van der Waals surface area (Å²) >= 11 is 0. The Hall–Kier alpha value is -0.210. The van der Waals surface area contributed by atoms with E-state index in [9.17, 15) is 8.42 Å². The molecule has 18 heavy (non-hydrogen) atoms. The molecule has 0 amide bonds. The van der Waals surface area contributed by atoms with Gasteiger partial charge in [-0.2, -0.15) is 17.0 Å². The molecule has 0 bridgehead atoms. The zero-order valence-corrected chi connectivity index (χ0v) is 12.3. The molecule has 1 rings (SSSR count). The van der Waals surface area contributed by atoms with Crippen molar-refractivity contribution in [3.8, 4) is 0 Å². The van der Waals surface area contributed by atoms with Crippen molar-refractivity contribution < 1.29 is 8.42 Å². The summed E-state index contributed by atoms with van der Waals surface area (Å²) in [4.78, 5) is 2.33. The summed E-state index contributed by atoms with van der Waals surface area (Å²) in [6, 6.07) is 0. The fourth-order valence-corrected chi connectivity index (χ4v) is 3.16. The standard InChI is InChI=1S/C11H26N4O2S/c1-13(2)18(16,17)15-10-8-14(9-11-15)7-5-3-4-6-12/h3-12H2,1-2H3. The van der Waals surface area contributed by atoms with E-state index in [1.54, 1.807) is 18.4 Å². The third-order valence-corrected chi connectivity index (χ3v) is 5.24. The van der Waals surface area contributed by atoms with Crippen molar-refractivity contribution in [3.63, 3.8) is 0 Å². The summed E-state index contributed by atoms with van der Waals surface area (Å²) in [5.41, 5.74) is 5.45. The smallest absolute Gasteiger partial charge is 0.281 e. The van der Waals surface area contributed by atoms with E-state index in [1.807, 2.05) is 0 Å². The Balaban J connectivity index is 2.29. The number of hydrogen-bond donors (Lipinski definition) is 1. The highest BCUT2D eigenvalue weighted by atomic mass is 32.2. The largest absolute Gasteiger partial charge is 0.330 e. The summed E-state index contributed by atoms with van der Waals surface area (Å²) in [7, 11) is -0.0732. The molecule has 0 saturated carbocycles. The Morgan fingerprint density at radius 2 is 1.67 bits per heavy atom. The fraction of sp³-hybridized carbons (Fsp3) is 1.00. The summed E-state index contributed by atoms with van der Waals surface area (Å²) in [5, 5.41) is 0. The Kier molecular flexibility index (Phi) is 6.51. The van der Waals surface area contributed by atoms with Gasteiger partial charge in [-0.3, -0.25) is 0 Å². The fourth-order valence-electron chi connectivity index (χ4n) is 2.07. The van der Waals surface area contributed by atoms with Crippen molar-refractivity contribution >= 4 is 10.2 Å². The van der Waals surface area contributed by atoms with Crippen molar-refractivity contribution in [1.29, 1.82) is 0 Å². The van der Waals surface area contributed by atoms with Crippen LogP contribution in [0.1, 0.15) is 19.3 Å². The molecule has 0 aliphatic carbocycles. The van der Waals surface area contributed by atoms with Crippen LogP contribution in [0.4, 0.5) is 0 Å². The van der Waals surface area contributed by atoms with Gasteiger partial charge in [0.25, 0.3) is 10.2 Å². The van der Waals surface area contributed by atoms with E-state index >= 15 is 0 Å². The van der Waals surface area contributed by atoms with Gasteiger partial charge in [0.2, 0.25) is 0 Å². The summed E-state index contributed by atoms with van der Waals surface area (Å²) in [6.07, 6.45) is 3.39. The summed E-state index contributed by atoms with van der Waals surface area (Å²) < 4.78 is 26.7. The van der Waals surface area contributed by atoms with Gasteiger partial charge in [-0.25, -0.2) is 0 Å². The summed E-state index contributed by atoms with van der Waals surface area (Å²) in [6.45, 7) is 4.66. The Labute approximate surface area is 111 Å². The van der Waals surface area contributed by atoms with E-state index < -0.39 is 10.2 Å². The molecular formula is C11H26N4O2S. The molecule has 1 heterocycles. The highest BCUT2D eigenvalue weighted by molar-refractivity contribution is 7.86. The van der Waals surface area contributed by atoms with Crippen LogP contribution in [0, 0.1) is 0 Å². The maximum Gasteiger partial charge on any atom is 0.281 e. The molecule has 7 heteroatoms. The topological polar surface area (TPSA) is 69.9 Å². The third-order valence-electron chi connectivity index (χ3n) is 3.30. The molecular weight excluding hydrogens is 252 g/mol. The number of unbranched alkanes of at least 4 members (excludes halogenated alkanes) is 2. The maximum atomic E-state index is 11.9. The molecule has 1 aliphatic heterocycles. The molecule has 108 valence electrons. The number of nitrogens with two attached hydrogens (primary N) is 1. The average molecular weight is 278 g/mol. The van der Waals surface area contributed by atoms with Gasteiger partial charge in [0.1, 0.15) is 0 Å². The molecule has 0 atom stereocenters. The van der Waals surface area contributed by atoms with Gasteiger partial charge >= 0.3 is 0 Å². The third kappa shape index (κ3) is 4.47. The molecule has 2 N–H and O–H groups in total. The Bertz CT molecular complexity index is 324. The molecule has 0 aromatic carbocycles. The van der Waals surface area contributed by atoms with E-state index in [-0.39, 0.29) is 0 Å². The van der Waals surface area contributed by atoms with Crippen LogP contribution in [0.5, 0.6) is 0 Å². The first-order chi connectivity index (χ1) is 8.48. The quantitative estimate of drug-likeness (QED) is 0.640. The lowest BCUT2D eigenvalue weighted by Gasteiger charge is -2.35. The molecule has 0 aromatic heterocycles. The molecule has 6 nitrogen and oxygen atoms in total. The average Bonchev–Trinajstić information content (AvgIpc) is 2.35. The lowest BCUT2D eigenvalue weighted by molar-refractivity contribution is 0.181. The van der Waals surface area contributed by atoms with Crippen LogP contribution in [-0.4, -0.2) is 75.3 Å². The minimum atomic E-state index is -3.23. The van der Waals surface area contributed by atoms with Crippen LogP contribution in [0.2, 0.25) is 0 Å². The zero-order valence-electron chi connectivity index (χ0n) is 11.5. The van der Waals surface area contributed by atoms with Crippen molar-refractivity contribution in [3.05, 3.63) is 0 Å². The van der Waals surface area contributed by atoms with Crippen LogP contribution >= 0.6 is 0 Å². The first kappa shape index (κ1) is 15.8. The van der Waals surface area contributed by atoms with E-state index in [1.165, 1.54) is 4.31 Å². The molecule has 0 spiro atoms. The number of piperazine rings is 1. The van der Waals surface area contributed by atoms with E-state index in [4.69, 9.17) is 5.73 Å². The van der Waals surface area contributed by atoms with Crippen molar-refractivity contribution in [1.82, 2.24) is 13.5 Å². The normalized spacial score (nSPS) is 19.6. The Morgan fingerprint density at radius 3 is 2.17 bits per heavy atom. The second kappa shape index (κ2) is 7.40. The van der Waals surface area contributed by atoms with Crippen molar-refractivity contribution in [2.45, 2.75) is 19.3 Å². The molecule has 0 aromatic rings. The highest BCUT2D eigenvalue weighted by Gasteiger charge is 2.28. The number of nitrogens with zero attached hydrogens (tertiary/aromatic N) is 3. The van der Waals surface area contributed by atoms with Gasteiger partial charge < -0.3 is 10.6 Å². The highest BCUT2D eigenvalue weighted by Crippen LogP contribution is 2.10. The molecule has 0 unspecified atom stereocenters. The number of hydrogen-bond acceptors (Lipinski definition) is 4. The zero-order chi connectivity index (χ0) is 13.6. The first-order valence-electron chi connectivity index (χ1n) is 6.58. The molecule has 1 saturated heterocycles. The molecule has 0 radical (unpaired) electrons. The SMILES string of the molecule is CN(C)S(=O)(=O)N1CCN(CCCCCN)CC1. The van der Waals surface area contributed by atoms with Crippen LogP contribution < -0.4 is 5.73 Å². The van der Waals surface area contributed by atoms with E-state index in [0.29, 0.717) is 13.1 Å². The number of rotatable bonds is 7. The van der Waals surface area contributed by atoms with Gasteiger partial charge in [-0.1, -0.05) is 6.42 Å². The lowest BCUT2D eigenvalue weighted by Crippen LogP contribution is -2.51. The minimum absolute atomic E-state index is 0.595. The van der Waals surface area contributed by atoms with Crippen LogP contribution in [-0.2, 0) is 10.2 Å². The van der Waals surface area contributed by atoms with Gasteiger partial charge in [-0.15, -0.1) is 0 Å². The van der Waals surface area contributed by atoms with Crippen molar-refractivity contribution in [2.75, 3.05) is 53.4 Å². The minimum Gasteiger partial charge on any atom is -0.330 e. The monoisotopic (exact) mass is 278 g/mol. The first-order valence-corrected chi connectivity index (χ1v) is 7.98.